The number of hydrogen-bond donors (Lipinski definition) is 3. The number of benzene rings is 2. The van der Waals surface area contributed by atoms with E-state index in [2.05, 4.69) is 16.0 Å². The van der Waals surface area contributed by atoms with E-state index in [1.165, 1.54) is 0 Å². The first-order chi connectivity index (χ1) is 12.7. The lowest BCUT2D eigenvalue weighted by Crippen LogP contribution is -3.09. The van der Waals surface area contributed by atoms with Crippen LogP contribution in [0.5, 0.6) is 5.75 Å². The zero-order valence-electron chi connectivity index (χ0n) is 14.6. The van der Waals surface area contributed by atoms with Gasteiger partial charge in [0.15, 0.2) is 11.6 Å². The van der Waals surface area contributed by atoms with Crippen molar-refractivity contribution >= 4 is 16.6 Å². The van der Waals surface area contributed by atoms with Crippen LogP contribution in [0.1, 0.15) is 5.82 Å². The number of aliphatic hydroxyl groups excluding tert-OH is 1. The number of aromatic amines is 1. The quantitative estimate of drug-likeness (QED) is 0.449. The van der Waals surface area contributed by atoms with Crippen LogP contribution in [-0.4, -0.2) is 41.8 Å². The molecule has 3 rings (SSSR count). The number of imidazole rings is 1. The number of aromatic nitrogens is 2. The van der Waals surface area contributed by atoms with Crippen LogP contribution in [0.15, 0.2) is 60.4 Å². The van der Waals surface area contributed by atoms with Gasteiger partial charge in [-0.25, -0.2) is 4.98 Å². The summed E-state index contributed by atoms with van der Waals surface area (Å²) in [4.78, 5) is 8.49. The number of ether oxygens (including phenoxy) is 1. The van der Waals surface area contributed by atoms with Gasteiger partial charge in [-0.3, -0.25) is 0 Å². The van der Waals surface area contributed by atoms with Gasteiger partial charge in [-0.1, -0.05) is 30.3 Å². The Bertz CT molecular complexity index is 908. The predicted octanol–water partition coefficient (Wildman–Crippen LogP) is 1.95. The molecule has 1 aromatic heterocycles. The SMILES string of the molecule is C[NH+](CCOc1ccccc1)C/C(O)=C(\C#N)c1nc2ccccc2[nH]1. The van der Waals surface area contributed by atoms with Crippen molar-refractivity contribution in [2.45, 2.75) is 0 Å². The molecule has 1 atom stereocenters. The molecule has 0 fully saturated rings. The van der Waals surface area contributed by atoms with Gasteiger partial charge in [0.1, 0.15) is 37.1 Å². The van der Waals surface area contributed by atoms with Crippen LogP contribution in [-0.2, 0) is 0 Å². The number of quaternary nitrogens is 1. The third-order valence-corrected chi connectivity index (χ3v) is 4.04. The first-order valence-corrected chi connectivity index (χ1v) is 8.44. The Morgan fingerprint density at radius 3 is 2.65 bits per heavy atom. The van der Waals surface area contributed by atoms with Crippen molar-refractivity contribution in [3.05, 3.63) is 66.2 Å². The highest BCUT2D eigenvalue weighted by Crippen LogP contribution is 2.18. The lowest BCUT2D eigenvalue weighted by molar-refractivity contribution is -0.875. The molecule has 0 aliphatic carbocycles. The van der Waals surface area contributed by atoms with Crippen LogP contribution in [0, 0.1) is 11.3 Å². The Kier molecular flexibility index (Phi) is 5.52. The van der Waals surface area contributed by atoms with E-state index in [0.29, 0.717) is 25.5 Å². The summed E-state index contributed by atoms with van der Waals surface area (Å²) in [6.07, 6.45) is 0. The van der Waals surface area contributed by atoms with E-state index in [4.69, 9.17) is 4.74 Å². The van der Waals surface area contributed by atoms with Crippen molar-refractivity contribution < 1.29 is 14.7 Å². The Morgan fingerprint density at radius 1 is 1.19 bits per heavy atom. The van der Waals surface area contributed by atoms with E-state index in [1.54, 1.807) is 0 Å². The van der Waals surface area contributed by atoms with Crippen LogP contribution in [0.3, 0.4) is 0 Å². The second kappa shape index (κ2) is 8.19. The maximum absolute atomic E-state index is 10.4. The number of hydrogen-bond acceptors (Lipinski definition) is 4. The Hall–Kier alpha value is -3.30. The lowest BCUT2D eigenvalue weighted by Gasteiger charge is -2.14. The topological polar surface area (TPSA) is 86.4 Å². The molecule has 0 aliphatic heterocycles. The zero-order chi connectivity index (χ0) is 18.4. The molecule has 0 radical (unpaired) electrons. The maximum atomic E-state index is 10.4. The summed E-state index contributed by atoms with van der Waals surface area (Å²) in [5, 5.41) is 19.9. The number of para-hydroxylation sites is 3. The largest absolute Gasteiger partial charge is 0.506 e. The molecule has 26 heavy (non-hydrogen) atoms. The number of fused-ring (bicyclic) bond motifs is 1. The van der Waals surface area contributed by atoms with Gasteiger partial charge in [-0.2, -0.15) is 5.26 Å². The van der Waals surface area contributed by atoms with Crippen LogP contribution in [0.4, 0.5) is 0 Å². The van der Waals surface area contributed by atoms with Crippen molar-refractivity contribution in [1.82, 2.24) is 9.97 Å². The third kappa shape index (κ3) is 4.21. The van der Waals surface area contributed by atoms with Gasteiger partial charge in [0, 0.05) is 0 Å². The summed E-state index contributed by atoms with van der Waals surface area (Å²) in [5.41, 5.74) is 1.77. The number of allylic oxidation sites excluding steroid dienone is 1. The molecule has 0 bridgehead atoms. The van der Waals surface area contributed by atoms with Crippen LogP contribution < -0.4 is 9.64 Å². The normalized spacial score (nSPS) is 13.1. The standard InChI is InChI=1S/C20H20N4O2/c1-24(11-12-26-15-7-3-2-4-8-15)14-19(25)16(13-21)20-22-17-9-5-6-10-18(17)23-20/h2-10,25H,11-12,14H2,1H3,(H,22,23)/p+1/b19-16-. The van der Waals surface area contributed by atoms with Crippen molar-refractivity contribution in [2.75, 3.05) is 26.7 Å². The second-order valence-corrected chi connectivity index (χ2v) is 6.08. The number of nitrogens with zero attached hydrogens (tertiary/aromatic N) is 2. The van der Waals surface area contributed by atoms with Crippen molar-refractivity contribution in [2.24, 2.45) is 0 Å². The Labute approximate surface area is 152 Å². The summed E-state index contributed by atoms with van der Waals surface area (Å²) in [6, 6.07) is 19.2. The molecular formula is C20H21N4O2+. The number of likely N-dealkylation sites (N-methyl/N-ethyl adjacent to an activating group) is 1. The smallest absolute Gasteiger partial charge is 0.169 e. The predicted molar refractivity (Wildman–Crippen MR) is 99.8 cm³/mol. The van der Waals surface area contributed by atoms with Crippen molar-refractivity contribution in [3.8, 4) is 11.8 Å². The molecular weight excluding hydrogens is 328 g/mol. The summed E-state index contributed by atoms with van der Waals surface area (Å²) in [6.45, 7) is 1.53. The minimum absolute atomic E-state index is 0.0174. The number of nitrogens with one attached hydrogen (secondary N) is 2. The average Bonchev–Trinajstić information content (AvgIpc) is 3.06. The van der Waals surface area contributed by atoms with E-state index >= 15 is 0 Å². The van der Waals surface area contributed by atoms with Crippen LogP contribution >= 0.6 is 0 Å². The number of aliphatic hydroxyl groups is 1. The van der Waals surface area contributed by atoms with Gasteiger partial charge in [0.05, 0.1) is 18.1 Å². The molecule has 0 saturated carbocycles. The average molecular weight is 349 g/mol. The monoisotopic (exact) mass is 349 g/mol. The van der Waals surface area contributed by atoms with E-state index in [1.807, 2.05) is 61.6 Å². The van der Waals surface area contributed by atoms with Gasteiger partial charge in [0.25, 0.3) is 0 Å². The van der Waals surface area contributed by atoms with E-state index in [-0.39, 0.29) is 11.3 Å². The van der Waals surface area contributed by atoms with Gasteiger partial charge in [-0.05, 0) is 24.3 Å². The van der Waals surface area contributed by atoms with Gasteiger partial charge < -0.3 is 19.7 Å². The first-order valence-electron chi connectivity index (χ1n) is 8.44. The fourth-order valence-corrected chi connectivity index (χ4v) is 2.65. The summed E-state index contributed by atoms with van der Waals surface area (Å²) in [5.74, 6) is 1.23. The van der Waals surface area contributed by atoms with Crippen molar-refractivity contribution in [1.29, 1.82) is 5.26 Å². The minimum atomic E-state index is 0.0174. The molecule has 132 valence electrons. The molecule has 0 spiro atoms. The van der Waals surface area contributed by atoms with E-state index in [9.17, 15) is 10.4 Å². The number of H-pyrrole nitrogens is 1. The molecule has 3 N–H and O–H groups in total. The van der Waals surface area contributed by atoms with Crippen molar-refractivity contribution in [3.63, 3.8) is 0 Å². The Balaban J connectivity index is 1.63. The summed E-state index contributed by atoms with van der Waals surface area (Å²) >= 11 is 0. The Morgan fingerprint density at radius 2 is 1.92 bits per heavy atom. The number of rotatable bonds is 7. The fraction of sp³-hybridized carbons (Fsp3) is 0.200. The lowest BCUT2D eigenvalue weighted by atomic mass is 10.2. The fourth-order valence-electron chi connectivity index (χ4n) is 2.65. The second-order valence-electron chi connectivity index (χ2n) is 6.08. The van der Waals surface area contributed by atoms with E-state index < -0.39 is 0 Å². The number of nitriles is 1. The minimum Gasteiger partial charge on any atom is -0.506 e. The molecule has 1 unspecified atom stereocenters. The molecule has 0 saturated heterocycles. The molecule has 0 amide bonds. The summed E-state index contributed by atoms with van der Waals surface area (Å²) < 4.78 is 5.67. The van der Waals surface area contributed by atoms with Crippen LogP contribution in [0.25, 0.3) is 16.6 Å². The zero-order valence-corrected chi connectivity index (χ0v) is 14.6. The molecule has 3 aromatic rings. The molecule has 2 aromatic carbocycles. The highest BCUT2D eigenvalue weighted by atomic mass is 16.5. The highest BCUT2D eigenvalue weighted by Gasteiger charge is 2.16. The third-order valence-electron chi connectivity index (χ3n) is 4.04. The van der Waals surface area contributed by atoms with Gasteiger partial charge >= 0.3 is 0 Å². The maximum Gasteiger partial charge on any atom is 0.169 e. The first kappa shape index (κ1) is 17.5. The molecule has 0 aliphatic rings. The van der Waals surface area contributed by atoms with Gasteiger partial charge in [-0.15, -0.1) is 0 Å². The van der Waals surface area contributed by atoms with Gasteiger partial charge in [0.2, 0.25) is 0 Å². The molecule has 6 nitrogen and oxygen atoms in total. The van der Waals surface area contributed by atoms with E-state index in [0.717, 1.165) is 21.7 Å². The highest BCUT2D eigenvalue weighted by molar-refractivity contribution is 5.82. The summed E-state index contributed by atoms with van der Waals surface area (Å²) in [7, 11) is 1.94. The van der Waals surface area contributed by atoms with Crippen LogP contribution in [0.2, 0.25) is 0 Å². The molecule has 1 heterocycles. The molecule has 6 heteroatoms.